The summed E-state index contributed by atoms with van der Waals surface area (Å²) in [4.78, 5) is 13.2. The number of carbonyl (C=O) groups is 1. The van der Waals surface area contributed by atoms with E-state index < -0.39 is 0 Å². The molecular weight excluding hydrogens is 290 g/mol. The number of hydrogen-bond acceptors (Lipinski definition) is 3. The van der Waals surface area contributed by atoms with Gasteiger partial charge in [0.05, 0.1) is 5.56 Å². The number of aryl methyl sites for hydroxylation is 1. The molecule has 2 rings (SSSR count). The van der Waals surface area contributed by atoms with Gasteiger partial charge in [0.2, 0.25) is 0 Å². The van der Waals surface area contributed by atoms with Gasteiger partial charge in [-0.05, 0) is 44.5 Å². The zero-order chi connectivity index (χ0) is 14.5. The molecule has 0 radical (unpaired) electrons. The Hall–Kier alpha value is -1.14. The lowest BCUT2D eigenvalue weighted by Crippen LogP contribution is -2.50. The fourth-order valence-electron chi connectivity index (χ4n) is 2.39. The molecule has 1 heterocycles. The third-order valence-electron chi connectivity index (χ3n) is 3.76. The highest BCUT2D eigenvalue weighted by Crippen LogP contribution is 2.20. The smallest absolute Gasteiger partial charge is 0.270 e. The summed E-state index contributed by atoms with van der Waals surface area (Å²) < 4.78 is 0. The molecule has 1 aromatic rings. The second kappa shape index (κ2) is 7.04. The first-order valence-electron chi connectivity index (χ1n) is 6.99. The third-order valence-corrected chi connectivity index (χ3v) is 4.99. The molecule has 1 aliphatic carbocycles. The van der Waals surface area contributed by atoms with Crippen molar-refractivity contribution in [3.8, 4) is 0 Å². The normalized spacial score (nSPS) is 15.7. The van der Waals surface area contributed by atoms with E-state index in [0.29, 0.717) is 16.7 Å². The van der Waals surface area contributed by atoms with Gasteiger partial charge in [0.15, 0.2) is 5.11 Å². The highest BCUT2D eigenvalue weighted by Gasteiger charge is 2.15. The van der Waals surface area contributed by atoms with Gasteiger partial charge in [-0.25, -0.2) is 0 Å². The highest BCUT2D eigenvalue weighted by atomic mass is 32.1. The minimum absolute atomic E-state index is 0.139. The quantitative estimate of drug-likeness (QED) is 0.581. The maximum atomic E-state index is 12.0. The molecule has 20 heavy (non-hydrogen) atoms. The number of thiocarbonyl (C=S) groups is 1. The fourth-order valence-corrected chi connectivity index (χ4v) is 3.47. The van der Waals surface area contributed by atoms with Gasteiger partial charge in [0.25, 0.3) is 5.91 Å². The molecule has 1 aliphatic rings. The van der Waals surface area contributed by atoms with Gasteiger partial charge >= 0.3 is 0 Å². The van der Waals surface area contributed by atoms with Crippen LogP contribution < -0.4 is 16.2 Å². The van der Waals surface area contributed by atoms with E-state index in [1.165, 1.54) is 19.3 Å². The van der Waals surface area contributed by atoms with E-state index in [2.05, 4.69) is 16.2 Å². The van der Waals surface area contributed by atoms with Crippen molar-refractivity contribution in [1.82, 2.24) is 16.2 Å². The van der Waals surface area contributed by atoms with Gasteiger partial charge in [-0.1, -0.05) is 19.3 Å². The van der Waals surface area contributed by atoms with Crippen LogP contribution in [0.25, 0.3) is 0 Å². The van der Waals surface area contributed by atoms with Crippen LogP contribution in [0, 0.1) is 13.8 Å². The molecule has 1 aromatic heterocycles. The standard InChI is InChI=1S/C14H21N3OS2/c1-9-10(2)20-8-12(9)13(18)16-17-14(19)15-11-6-4-3-5-7-11/h8,11H,3-7H2,1-2H3,(H,16,18)(H2,15,17,19). The molecule has 4 nitrogen and oxygen atoms in total. The minimum Gasteiger partial charge on any atom is -0.359 e. The SMILES string of the molecule is Cc1scc(C(=O)NNC(=S)NC2CCCCC2)c1C. The van der Waals surface area contributed by atoms with Crippen LogP contribution in [-0.4, -0.2) is 17.1 Å². The minimum atomic E-state index is -0.139. The van der Waals surface area contributed by atoms with Crippen molar-refractivity contribution >= 4 is 34.6 Å². The maximum absolute atomic E-state index is 12.0. The van der Waals surface area contributed by atoms with Gasteiger partial charge in [0.1, 0.15) is 0 Å². The Labute approximate surface area is 129 Å². The van der Waals surface area contributed by atoms with Crippen molar-refractivity contribution in [3.05, 3.63) is 21.4 Å². The van der Waals surface area contributed by atoms with E-state index in [1.54, 1.807) is 11.3 Å². The first-order valence-corrected chi connectivity index (χ1v) is 8.28. The highest BCUT2D eigenvalue weighted by molar-refractivity contribution is 7.80. The van der Waals surface area contributed by atoms with Crippen molar-refractivity contribution in [2.45, 2.75) is 52.0 Å². The molecule has 0 aliphatic heterocycles. The van der Waals surface area contributed by atoms with Crippen molar-refractivity contribution in [1.29, 1.82) is 0 Å². The number of hydrazine groups is 1. The predicted molar refractivity (Wildman–Crippen MR) is 87.0 cm³/mol. The number of hydrogen-bond donors (Lipinski definition) is 3. The Kier molecular flexibility index (Phi) is 5.37. The van der Waals surface area contributed by atoms with Crippen molar-refractivity contribution < 1.29 is 4.79 Å². The third kappa shape index (κ3) is 3.93. The summed E-state index contributed by atoms with van der Waals surface area (Å²) in [5.41, 5.74) is 7.18. The Morgan fingerprint density at radius 1 is 1.25 bits per heavy atom. The number of carbonyl (C=O) groups excluding carboxylic acids is 1. The van der Waals surface area contributed by atoms with E-state index in [1.807, 2.05) is 19.2 Å². The molecule has 0 spiro atoms. The van der Waals surface area contributed by atoms with E-state index >= 15 is 0 Å². The molecular formula is C14H21N3OS2. The molecule has 3 N–H and O–H groups in total. The Morgan fingerprint density at radius 2 is 1.95 bits per heavy atom. The molecule has 0 aromatic carbocycles. The summed E-state index contributed by atoms with van der Waals surface area (Å²) in [5, 5.41) is 5.62. The average molecular weight is 311 g/mol. The van der Waals surface area contributed by atoms with Crippen molar-refractivity contribution in [2.24, 2.45) is 0 Å². The molecule has 0 saturated heterocycles. The first-order chi connectivity index (χ1) is 9.58. The summed E-state index contributed by atoms with van der Waals surface area (Å²) in [5.74, 6) is -0.139. The van der Waals surface area contributed by atoms with Crippen LogP contribution in [0.15, 0.2) is 5.38 Å². The number of thiophene rings is 1. The van der Waals surface area contributed by atoms with Gasteiger partial charge in [-0.2, -0.15) is 0 Å². The van der Waals surface area contributed by atoms with E-state index in [-0.39, 0.29) is 5.91 Å². The molecule has 0 atom stereocenters. The van der Waals surface area contributed by atoms with Gasteiger partial charge in [-0.3, -0.25) is 15.6 Å². The Bertz CT molecular complexity index is 493. The van der Waals surface area contributed by atoms with E-state index in [9.17, 15) is 4.79 Å². The summed E-state index contributed by atoms with van der Waals surface area (Å²) in [6.07, 6.45) is 6.11. The molecule has 1 amide bonds. The maximum Gasteiger partial charge on any atom is 0.270 e. The summed E-state index contributed by atoms with van der Waals surface area (Å²) >= 11 is 6.79. The average Bonchev–Trinajstić information content (AvgIpc) is 2.78. The van der Waals surface area contributed by atoms with Crippen LogP contribution in [0.1, 0.15) is 52.9 Å². The number of amides is 1. The molecule has 6 heteroatoms. The monoisotopic (exact) mass is 311 g/mol. The summed E-state index contributed by atoms with van der Waals surface area (Å²) in [6.45, 7) is 3.97. The van der Waals surface area contributed by atoms with Gasteiger partial charge in [0, 0.05) is 16.3 Å². The van der Waals surface area contributed by atoms with Crippen LogP contribution in [-0.2, 0) is 0 Å². The fraction of sp³-hybridized carbons (Fsp3) is 0.571. The van der Waals surface area contributed by atoms with Crippen LogP contribution in [0.5, 0.6) is 0 Å². The lowest BCUT2D eigenvalue weighted by atomic mass is 9.96. The van der Waals surface area contributed by atoms with Crippen LogP contribution in [0.4, 0.5) is 0 Å². The van der Waals surface area contributed by atoms with Crippen LogP contribution in [0.3, 0.4) is 0 Å². The van der Waals surface area contributed by atoms with Crippen LogP contribution >= 0.6 is 23.6 Å². The lowest BCUT2D eigenvalue weighted by Gasteiger charge is -2.24. The molecule has 1 saturated carbocycles. The van der Waals surface area contributed by atoms with Gasteiger partial charge in [-0.15, -0.1) is 11.3 Å². The largest absolute Gasteiger partial charge is 0.359 e. The molecule has 0 bridgehead atoms. The Balaban J connectivity index is 1.78. The Morgan fingerprint density at radius 3 is 2.55 bits per heavy atom. The summed E-state index contributed by atoms with van der Waals surface area (Å²) in [6, 6.07) is 0.436. The van der Waals surface area contributed by atoms with E-state index in [4.69, 9.17) is 12.2 Å². The van der Waals surface area contributed by atoms with Crippen molar-refractivity contribution in [2.75, 3.05) is 0 Å². The number of rotatable bonds is 2. The second-order valence-corrected chi connectivity index (χ2v) is 6.71. The van der Waals surface area contributed by atoms with Crippen molar-refractivity contribution in [3.63, 3.8) is 0 Å². The number of nitrogens with one attached hydrogen (secondary N) is 3. The van der Waals surface area contributed by atoms with Gasteiger partial charge < -0.3 is 5.32 Å². The zero-order valence-electron chi connectivity index (χ0n) is 11.9. The molecule has 1 fully saturated rings. The summed E-state index contributed by atoms with van der Waals surface area (Å²) in [7, 11) is 0. The lowest BCUT2D eigenvalue weighted by molar-refractivity contribution is 0.0943. The van der Waals surface area contributed by atoms with E-state index in [0.717, 1.165) is 23.3 Å². The zero-order valence-corrected chi connectivity index (χ0v) is 13.5. The predicted octanol–water partition coefficient (Wildman–Crippen LogP) is 2.81. The first kappa shape index (κ1) is 15.3. The molecule has 0 unspecified atom stereocenters. The second-order valence-electron chi connectivity index (χ2n) is 5.22. The molecule has 110 valence electrons. The topological polar surface area (TPSA) is 53.2 Å². The van der Waals surface area contributed by atoms with Crippen LogP contribution in [0.2, 0.25) is 0 Å².